The Labute approximate surface area is 102 Å². The Morgan fingerprint density at radius 1 is 1.53 bits per heavy atom. The largest absolute Gasteiger partial charge is 0.478 e. The highest BCUT2D eigenvalue weighted by atomic mass is 16.4. The van der Waals surface area contributed by atoms with Gasteiger partial charge in [-0.2, -0.15) is 0 Å². The van der Waals surface area contributed by atoms with Gasteiger partial charge in [0.1, 0.15) is 0 Å². The van der Waals surface area contributed by atoms with Crippen molar-refractivity contribution in [2.24, 2.45) is 0 Å². The van der Waals surface area contributed by atoms with E-state index in [1.54, 1.807) is 12.1 Å². The topological polar surface area (TPSA) is 40.5 Å². The Morgan fingerprint density at radius 3 is 2.76 bits per heavy atom. The molecule has 1 aromatic carbocycles. The van der Waals surface area contributed by atoms with Gasteiger partial charge in [0, 0.05) is 13.1 Å². The molecule has 0 aliphatic carbocycles. The SMILES string of the molecule is C=CCN(CCC)c1cc(C)ccc1C(=O)O. The fraction of sp³-hybridized carbons (Fsp3) is 0.357. The number of carboxylic acid groups (broad SMARTS) is 1. The average molecular weight is 233 g/mol. The lowest BCUT2D eigenvalue weighted by atomic mass is 10.1. The molecule has 0 fully saturated rings. The number of nitrogens with zero attached hydrogens (tertiary/aromatic N) is 1. The van der Waals surface area contributed by atoms with E-state index in [1.165, 1.54) is 0 Å². The molecule has 0 radical (unpaired) electrons. The van der Waals surface area contributed by atoms with Gasteiger partial charge < -0.3 is 10.0 Å². The van der Waals surface area contributed by atoms with E-state index in [9.17, 15) is 9.90 Å². The summed E-state index contributed by atoms with van der Waals surface area (Å²) in [7, 11) is 0. The Balaban J connectivity index is 3.18. The van der Waals surface area contributed by atoms with Gasteiger partial charge in [-0.3, -0.25) is 0 Å². The summed E-state index contributed by atoms with van der Waals surface area (Å²) in [5.41, 5.74) is 2.19. The van der Waals surface area contributed by atoms with E-state index >= 15 is 0 Å². The molecule has 0 aliphatic rings. The third-order valence-corrected chi connectivity index (χ3v) is 2.57. The van der Waals surface area contributed by atoms with Gasteiger partial charge in [0.05, 0.1) is 11.3 Å². The second-order valence-corrected chi connectivity index (χ2v) is 4.06. The van der Waals surface area contributed by atoms with Crippen molar-refractivity contribution < 1.29 is 9.90 Å². The first kappa shape index (κ1) is 13.3. The monoisotopic (exact) mass is 233 g/mol. The van der Waals surface area contributed by atoms with Gasteiger partial charge in [0.15, 0.2) is 0 Å². The number of carboxylic acids is 1. The maximum absolute atomic E-state index is 11.2. The minimum Gasteiger partial charge on any atom is -0.478 e. The van der Waals surface area contributed by atoms with Crippen LogP contribution in [0.1, 0.15) is 29.3 Å². The zero-order valence-corrected chi connectivity index (χ0v) is 10.4. The number of hydrogen-bond acceptors (Lipinski definition) is 2. The molecule has 0 aromatic heterocycles. The predicted octanol–water partition coefficient (Wildman–Crippen LogP) is 3.10. The number of carbonyl (C=O) groups is 1. The van der Waals surface area contributed by atoms with E-state index in [0.29, 0.717) is 12.1 Å². The molecule has 0 spiro atoms. The number of hydrogen-bond donors (Lipinski definition) is 1. The van der Waals surface area contributed by atoms with E-state index in [2.05, 4.69) is 13.5 Å². The lowest BCUT2D eigenvalue weighted by Crippen LogP contribution is -2.26. The summed E-state index contributed by atoms with van der Waals surface area (Å²) in [6.07, 6.45) is 2.77. The van der Waals surface area contributed by atoms with Crippen molar-refractivity contribution in [3.8, 4) is 0 Å². The van der Waals surface area contributed by atoms with Crippen LogP contribution in [0.5, 0.6) is 0 Å². The minimum atomic E-state index is -0.884. The second-order valence-electron chi connectivity index (χ2n) is 4.06. The van der Waals surface area contributed by atoms with Gasteiger partial charge >= 0.3 is 5.97 Å². The Morgan fingerprint density at radius 2 is 2.24 bits per heavy atom. The summed E-state index contributed by atoms with van der Waals surface area (Å²) < 4.78 is 0. The van der Waals surface area contributed by atoms with Gasteiger partial charge in [-0.15, -0.1) is 6.58 Å². The second kappa shape index (κ2) is 6.09. The molecule has 1 aromatic rings. The number of anilines is 1. The van der Waals surface area contributed by atoms with E-state index in [0.717, 1.165) is 24.2 Å². The molecule has 1 N–H and O–H groups in total. The van der Waals surface area contributed by atoms with Crippen molar-refractivity contribution in [3.63, 3.8) is 0 Å². The highest BCUT2D eigenvalue weighted by Crippen LogP contribution is 2.22. The van der Waals surface area contributed by atoms with Gasteiger partial charge in [-0.25, -0.2) is 4.79 Å². The normalized spacial score (nSPS) is 10.0. The summed E-state index contributed by atoms with van der Waals surface area (Å²) in [5, 5.41) is 9.19. The molecule has 17 heavy (non-hydrogen) atoms. The molecule has 3 nitrogen and oxygen atoms in total. The quantitative estimate of drug-likeness (QED) is 0.767. The first-order valence-corrected chi connectivity index (χ1v) is 5.80. The Kier molecular flexibility index (Phi) is 4.76. The van der Waals surface area contributed by atoms with Crippen molar-refractivity contribution in [1.29, 1.82) is 0 Å². The minimum absolute atomic E-state index is 0.353. The zero-order chi connectivity index (χ0) is 12.8. The van der Waals surface area contributed by atoms with Crippen LogP contribution >= 0.6 is 0 Å². The lowest BCUT2D eigenvalue weighted by Gasteiger charge is -2.24. The van der Waals surface area contributed by atoms with Crippen molar-refractivity contribution in [2.45, 2.75) is 20.3 Å². The first-order chi connectivity index (χ1) is 8.10. The molecule has 3 heteroatoms. The third kappa shape index (κ3) is 3.34. The molecule has 0 amide bonds. The van der Waals surface area contributed by atoms with Crippen LogP contribution in [0.3, 0.4) is 0 Å². The van der Waals surface area contributed by atoms with Crippen molar-refractivity contribution in [2.75, 3.05) is 18.0 Å². The van der Waals surface area contributed by atoms with E-state index in [1.807, 2.05) is 24.0 Å². The van der Waals surface area contributed by atoms with Crippen LogP contribution in [0.15, 0.2) is 30.9 Å². The van der Waals surface area contributed by atoms with Crippen LogP contribution in [-0.2, 0) is 0 Å². The molecular formula is C14H19NO2. The summed E-state index contributed by atoms with van der Waals surface area (Å²) in [5.74, 6) is -0.884. The van der Waals surface area contributed by atoms with Gasteiger partial charge in [-0.1, -0.05) is 19.1 Å². The van der Waals surface area contributed by atoms with Crippen LogP contribution in [0, 0.1) is 6.92 Å². The standard InChI is InChI=1S/C14H19NO2/c1-4-8-15(9-5-2)13-10-11(3)6-7-12(13)14(16)17/h4,6-7,10H,1,5,8-9H2,2-3H3,(H,16,17). The molecule has 0 aliphatic heterocycles. The molecule has 0 heterocycles. The summed E-state index contributed by atoms with van der Waals surface area (Å²) in [6.45, 7) is 9.25. The molecule has 0 saturated carbocycles. The summed E-state index contributed by atoms with van der Waals surface area (Å²) >= 11 is 0. The van der Waals surface area contributed by atoms with E-state index in [4.69, 9.17) is 0 Å². The molecule has 92 valence electrons. The van der Waals surface area contributed by atoms with Crippen molar-refractivity contribution >= 4 is 11.7 Å². The van der Waals surface area contributed by atoms with E-state index < -0.39 is 5.97 Å². The average Bonchev–Trinajstić information content (AvgIpc) is 2.28. The Bertz CT molecular complexity index is 413. The molecular weight excluding hydrogens is 214 g/mol. The first-order valence-electron chi connectivity index (χ1n) is 5.80. The van der Waals surface area contributed by atoms with Crippen LogP contribution in [-0.4, -0.2) is 24.2 Å². The van der Waals surface area contributed by atoms with Crippen LogP contribution in [0.25, 0.3) is 0 Å². The highest BCUT2D eigenvalue weighted by Gasteiger charge is 2.14. The number of rotatable bonds is 6. The van der Waals surface area contributed by atoms with Crippen LogP contribution in [0.4, 0.5) is 5.69 Å². The van der Waals surface area contributed by atoms with Gasteiger partial charge in [-0.05, 0) is 31.0 Å². The van der Waals surface area contributed by atoms with Crippen molar-refractivity contribution in [1.82, 2.24) is 0 Å². The summed E-state index contributed by atoms with van der Waals surface area (Å²) in [6, 6.07) is 5.41. The molecule has 0 bridgehead atoms. The lowest BCUT2D eigenvalue weighted by molar-refractivity contribution is 0.0697. The predicted molar refractivity (Wildman–Crippen MR) is 70.8 cm³/mol. The molecule has 0 saturated heterocycles. The van der Waals surface area contributed by atoms with Gasteiger partial charge in [0.2, 0.25) is 0 Å². The van der Waals surface area contributed by atoms with Crippen LogP contribution < -0.4 is 4.90 Å². The zero-order valence-electron chi connectivity index (χ0n) is 10.4. The maximum Gasteiger partial charge on any atom is 0.337 e. The number of aromatic carboxylic acids is 1. The molecule has 0 atom stereocenters. The fourth-order valence-electron chi connectivity index (χ4n) is 1.82. The fourth-order valence-corrected chi connectivity index (χ4v) is 1.82. The smallest absolute Gasteiger partial charge is 0.337 e. The summed E-state index contributed by atoms with van der Waals surface area (Å²) in [4.78, 5) is 13.2. The Hall–Kier alpha value is -1.77. The number of benzene rings is 1. The third-order valence-electron chi connectivity index (χ3n) is 2.57. The molecule has 1 rings (SSSR count). The van der Waals surface area contributed by atoms with E-state index in [-0.39, 0.29) is 0 Å². The van der Waals surface area contributed by atoms with Gasteiger partial charge in [0.25, 0.3) is 0 Å². The maximum atomic E-state index is 11.2. The highest BCUT2D eigenvalue weighted by molar-refractivity contribution is 5.94. The number of aryl methyl sites for hydroxylation is 1. The van der Waals surface area contributed by atoms with Crippen molar-refractivity contribution in [3.05, 3.63) is 42.0 Å². The van der Waals surface area contributed by atoms with Crippen LogP contribution in [0.2, 0.25) is 0 Å². The molecule has 0 unspecified atom stereocenters.